The molecule has 5 nitrogen and oxygen atoms in total. The number of imide groups is 1. The van der Waals surface area contributed by atoms with Gasteiger partial charge < -0.3 is 5.11 Å². The van der Waals surface area contributed by atoms with Crippen LogP contribution in [-0.2, 0) is 14.4 Å². The molecule has 0 aromatic rings. The fourth-order valence-corrected chi connectivity index (χ4v) is 2.88. The van der Waals surface area contributed by atoms with Gasteiger partial charge in [0.1, 0.15) is 0 Å². The molecule has 0 radical (unpaired) electrons. The summed E-state index contributed by atoms with van der Waals surface area (Å²) in [5.41, 5.74) is -0.245. The molecule has 5 heteroatoms. The number of hydrogen-bond donors (Lipinski definition) is 1. The SMILES string of the molecule is CC(C)C(CCC(=O)O)CCN1C(=O)CC(C)(C)CC1=O. The smallest absolute Gasteiger partial charge is 0.303 e. The Kier molecular flexibility index (Phi) is 5.93. The van der Waals surface area contributed by atoms with Crippen LogP contribution in [0.15, 0.2) is 0 Å². The topological polar surface area (TPSA) is 74.7 Å². The highest BCUT2D eigenvalue weighted by molar-refractivity contribution is 5.98. The van der Waals surface area contributed by atoms with Crippen molar-refractivity contribution in [2.45, 2.75) is 59.8 Å². The largest absolute Gasteiger partial charge is 0.481 e. The van der Waals surface area contributed by atoms with Crippen LogP contribution >= 0.6 is 0 Å². The van der Waals surface area contributed by atoms with Crippen LogP contribution in [-0.4, -0.2) is 34.3 Å². The minimum absolute atomic E-state index is 0.100. The van der Waals surface area contributed by atoms with Gasteiger partial charge in [-0.2, -0.15) is 0 Å². The maximum atomic E-state index is 12.1. The number of carboxylic acid groups (broad SMARTS) is 1. The molecular formula is C16H27NO4. The summed E-state index contributed by atoms with van der Waals surface area (Å²) in [4.78, 5) is 36.2. The summed E-state index contributed by atoms with van der Waals surface area (Å²) < 4.78 is 0. The zero-order chi connectivity index (χ0) is 16.2. The van der Waals surface area contributed by atoms with Crippen molar-refractivity contribution >= 4 is 17.8 Å². The molecule has 1 N–H and O–H groups in total. The van der Waals surface area contributed by atoms with E-state index in [4.69, 9.17) is 5.11 Å². The first-order valence-corrected chi connectivity index (χ1v) is 7.67. The number of rotatable bonds is 7. The molecule has 1 aliphatic rings. The summed E-state index contributed by atoms with van der Waals surface area (Å²) in [7, 11) is 0. The molecule has 1 unspecified atom stereocenters. The number of amides is 2. The van der Waals surface area contributed by atoms with E-state index in [1.54, 1.807) is 0 Å². The first-order valence-electron chi connectivity index (χ1n) is 7.67. The van der Waals surface area contributed by atoms with Crippen LogP contribution < -0.4 is 0 Å². The van der Waals surface area contributed by atoms with Gasteiger partial charge in [0.25, 0.3) is 0 Å². The summed E-state index contributed by atoms with van der Waals surface area (Å²) in [5.74, 6) is -0.436. The van der Waals surface area contributed by atoms with Crippen LogP contribution in [0.5, 0.6) is 0 Å². The van der Waals surface area contributed by atoms with Crippen LogP contribution in [0.25, 0.3) is 0 Å². The second-order valence-electron chi connectivity index (χ2n) is 7.18. The second kappa shape index (κ2) is 7.05. The van der Waals surface area contributed by atoms with Crippen molar-refractivity contribution < 1.29 is 19.5 Å². The predicted octanol–water partition coefficient (Wildman–Crippen LogP) is 2.69. The fraction of sp³-hybridized carbons (Fsp3) is 0.812. The van der Waals surface area contributed by atoms with Gasteiger partial charge in [0.2, 0.25) is 11.8 Å². The average molecular weight is 297 g/mol. The summed E-state index contributed by atoms with van der Waals surface area (Å²) in [6.07, 6.45) is 2.22. The number of carbonyl (C=O) groups is 3. The van der Waals surface area contributed by atoms with Gasteiger partial charge >= 0.3 is 5.97 Å². The van der Waals surface area contributed by atoms with Gasteiger partial charge in [-0.15, -0.1) is 0 Å². The lowest BCUT2D eigenvalue weighted by Gasteiger charge is -2.35. The Labute approximate surface area is 126 Å². The monoisotopic (exact) mass is 297 g/mol. The van der Waals surface area contributed by atoms with Crippen molar-refractivity contribution in [3.63, 3.8) is 0 Å². The average Bonchev–Trinajstić information content (AvgIpc) is 2.29. The summed E-state index contributed by atoms with van der Waals surface area (Å²) >= 11 is 0. The maximum Gasteiger partial charge on any atom is 0.303 e. The maximum absolute atomic E-state index is 12.1. The molecule has 0 spiro atoms. The van der Waals surface area contributed by atoms with E-state index < -0.39 is 5.97 Å². The Morgan fingerprint density at radius 3 is 2.14 bits per heavy atom. The molecular weight excluding hydrogens is 270 g/mol. The third-order valence-corrected chi connectivity index (χ3v) is 4.26. The predicted molar refractivity (Wildman–Crippen MR) is 79.5 cm³/mol. The Balaban J connectivity index is 2.57. The number of likely N-dealkylation sites (tertiary alicyclic amines) is 1. The van der Waals surface area contributed by atoms with Gasteiger partial charge in [-0.25, -0.2) is 0 Å². The highest BCUT2D eigenvalue weighted by Crippen LogP contribution is 2.32. The normalized spacial score (nSPS) is 20.0. The first-order chi connectivity index (χ1) is 9.62. The zero-order valence-electron chi connectivity index (χ0n) is 13.5. The number of piperidine rings is 1. The van der Waals surface area contributed by atoms with E-state index >= 15 is 0 Å². The molecule has 2 amide bonds. The van der Waals surface area contributed by atoms with Crippen molar-refractivity contribution in [3.8, 4) is 0 Å². The van der Waals surface area contributed by atoms with Crippen molar-refractivity contribution in [3.05, 3.63) is 0 Å². The number of carbonyl (C=O) groups excluding carboxylic acids is 2. The van der Waals surface area contributed by atoms with Crippen LogP contribution in [0.4, 0.5) is 0 Å². The minimum atomic E-state index is -0.799. The van der Waals surface area contributed by atoms with E-state index in [1.807, 2.05) is 13.8 Å². The minimum Gasteiger partial charge on any atom is -0.481 e. The van der Waals surface area contributed by atoms with Crippen LogP contribution in [0, 0.1) is 17.3 Å². The van der Waals surface area contributed by atoms with E-state index in [0.717, 1.165) is 0 Å². The molecule has 0 saturated carbocycles. The Morgan fingerprint density at radius 2 is 1.71 bits per heavy atom. The Bertz CT molecular complexity index is 395. The number of nitrogens with zero attached hydrogens (tertiary/aromatic N) is 1. The fourth-order valence-electron chi connectivity index (χ4n) is 2.88. The summed E-state index contributed by atoms with van der Waals surface area (Å²) in [5, 5.41) is 8.78. The van der Waals surface area contributed by atoms with Gasteiger partial charge in [0, 0.05) is 25.8 Å². The van der Waals surface area contributed by atoms with E-state index in [0.29, 0.717) is 38.1 Å². The quantitative estimate of drug-likeness (QED) is 0.733. The third kappa shape index (κ3) is 5.48. The lowest BCUT2D eigenvalue weighted by atomic mass is 9.81. The van der Waals surface area contributed by atoms with E-state index in [-0.39, 0.29) is 29.6 Å². The lowest BCUT2D eigenvalue weighted by molar-refractivity contribution is -0.152. The first kappa shape index (κ1) is 17.7. The second-order valence-corrected chi connectivity index (χ2v) is 7.18. The van der Waals surface area contributed by atoms with E-state index in [9.17, 15) is 14.4 Å². The summed E-state index contributed by atoms with van der Waals surface area (Å²) in [6, 6.07) is 0. The van der Waals surface area contributed by atoms with E-state index in [1.165, 1.54) is 4.90 Å². The van der Waals surface area contributed by atoms with Gasteiger partial charge in [-0.05, 0) is 30.1 Å². The molecule has 0 bridgehead atoms. The van der Waals surface area contributed by atoms with Crippen LogP contribution in [0.1, 0.15) is 59.8 Å². The molecule has 1 fully saturated rings. The molecule has 1 rings (SSSR count). The van der Waals surface area contributed by atoms with Gasteiger partial charge in [0.05, 0.1) is 0 Å². The molecule has 1 aliphatic heterocycles. The number of aliphatic carboxylic acids is 1. The molecule has 0 aromatic carbocycles. The summed E-state index contributed by atoms with van der Waals surface area (Å²) in [6.45, 7) is 8.38. The molecule has 120 valence electrons. The molecule has 0 aromatic heterocycles. The molecule has 1 atom stereocenters. The zero-order valence-corrected chi connectivity index (χ0v) is 13.5. The Hall–Kier alpha value is -1.39. The third-order valence-electron chi connectivity index (χ3n) is 4.26. The van der Waals surface area contributed by atoms with Crippen LogP contribution in [0.2, 0.25) is 0 Å². The number of hydrogen-bond acceptors (Lipinski definition) is 3. The van der Waals surface area contributed by atoms with Crippen molar-refractivity contribution in [1.29, 1.82) is 0 Å². The molecule has 1 heterocycles. The van der Waals surface area contributed by atoms with Gasteiger partial charge in [-0.1, -0.05) is 27.7 Å². The molecule has 1 saturated heterocycles. The lowest BCUT2D eigenvalue weighted by Crippen LogP contribution is -2.46. The van der Waals surface area contributed by atoms with E-state index in [2.05, 4.69) is 13.8 Å². The standard InChI is InChI=1S/C16H27NO4/c1-11(2)12(5-6-15(20)21)7-8-17-13(18)9-16(3,4)10-14(17)19/h11-12H,5-10H2,1-4H3,(H,20,21). The Morgan fingerprint density at radius 1 is 1.19 bits per heavy atom. The van der Waals surface area contributed by atoms with Crippen molar-refractivity contribution in [2.75, 3.05) is 6.54 Å². The molecule has 0 aliphatic carbocycles. The molecule has 21 heavy (non-hydrogen) atoms. The van der Waals surface area contributed by atoms with Gasteiger partial charge in [0.15, 0.2) is 0 Å². The van der Waals surface area contributed by atoms with Crippen LogP contribution in [0.3, 0.4) is 0 Å². The van der Waals surface area contributed by atoms with Crippen molar-refractivity contribution in [2.24, 2.45) is 17.3 Å². The number of carboxylic acids is 1. The van der Waals surface area contributed by atoms with Crippen molar-refractivity contribution in [1.82, 2.24) is 4.90 Å². The van der Waals surface area contributed by atoms with Gasteiger partial charge in [-0.3, -0.25) is 19.3 Å². The highest BCUT2D eigenvalue weighted by atomic mass is 16.4. The highest BCUT2D eigenvalue weighted by Gasteiger charge is 2.37.